The summed E-state index contributed by atoms with van der Waals surface area (Å²) >= 11 is 0. The van der Waals surface area contributed by atoms with Gasteiger partial charge in [-0.3, -0.25) is 44.3 Å². The van der Waals surface area contributed by atoms with Gasteiger partial charge in [-0.1, -0.05) is 12.1 Å². The van der Waals surface area contributed by atoms with Gasteiger partial charge in [0.05, 0.1) is 18.1 Å². The maximum absolute atomic E-state index is 13.5. The van der Waals surface area contributed by atoms with Crippen LogP contribution in [-0.2, 0) is 49.4 Å². The average Bonchev–Trinajstić information content (AvgIpc) is 2.99. The van der Waals surface area contributed by atoms with Crippen LogP contribution in [0.5, 0.6) is 0 Å². The van der Waals surface area contributed by atoms with Crippen molar-refractivity contribution < 1.29 is 52.7 Å². The number of non-ortho nitro benzene ring substituents is 1. The summed E-state index contributed by atoms with van der Waals surface area (Å²) in [6.45, 7) is 9.26. The lowest BCUT2D eigenvalue weighted by atomic mass is 10.0. The number of nitrogens with one attached hydrogen (secondary N) is 5. The van der Waals surface area contributed by atoms with Crippen molar-refractivity contribution in [2.24, 2.45) is 0 Å². The second kappa shape index (κ2) is 20.1. The number of nitro benzene ring substituents is 1. The molecule has 18 nitrogen and oxygen atoms in total. The zero-order chi connectivity index (χ0) is 36.4. The van der Waals surface area contributed by atoms with E-state index in [1.807, 2.05) is 0 Å². The number of hydrogen-bond acceptors (Lipinski definition) is 12. The highest BCUT2D eigenvalue weighted by Gasteiger charge is 2.31. The predicted octanol–water partition coefficient (Wildman–Crippen LogP) is 0.854. The largest absolute Gasteiger partial charge is 0.466 e. The lowest BCUT2D eigenvalue weighted by Crippen LogP contribution is -2.58. The number of hydrazine groups is 1. The smallest absolute Gasteiger partial charge is 0.426 e. The molecule has 1 aromatic rings. The van der Waals surface area contributed by atoms with Crippen molar-refractivity contribution >= 4 is 47.3 Å². The van der Waals surface area contributed by atoms with Gasteiger partial charge in [0.1, 0.15) is 23.7 Å². The molecule has 1 aromatic carbocycles. The van der Waals surface area contributed by atoms with E-state index in [1.165, 1.54) is 31.2 Å². The third-order valence-corrected chi connectivity index (χ3v) is 6.12. The third kappa shape index (κ3) is 16.3. The van der Waals surface area contributed by atoms with Crippen LogP contribution >= 0.6 is 0 Å². The first-order chi connectivity index (χ1) is 22.4. The van der Waals surface area contributed by atoms with Crippen LogP contribution in [0.3, 0.4) is 0 Å². The molecule has 5 N–H and O–H groups in total. The number of carbonyl (C=O) groups is 7. The molecule has 266 valence electrons. The van der Waals surface area contributed by atoms with E-state index in [1.54, 1.807) is 34.6 Å². The van der Waals surface area contributed by atoms with Gasteiger partial charge in [-0.05, 0) is 53.0 Å². The first-order valence-corrected chi connectivity index (χ1v) is 15.2. The molecule has 0 saturated heterocycles. The highest BCUT2D eigenvalue weighted by atomic mass is 16.6. The van der Waals surface area contributed by atoms with Crippen molar-refractivity contribution in [2.45, 2.75) is 97.4 Å². The highest BCUT2D eigenvalue weighted by Crippen LogP contribution is 2.14. The number of hydrogen-bond donors (Lipinski definition) is 5. The number of rotatable bonds is 17. The van der Waals surface area contributed by atoms with E-state index in [0.29, 0.717) is 5.56 Å². The molecule has 0 bridgehead atoms. The molecule has 0 aliphatic carbocycles. The van der Waals surface area contributed by atoms with Crippen LogP contribution in [0.1, 0.15) is 72.8 Å². The number of carbonyl (C=O) groups excluding carboxylic acids is 7. The van der Waals surface area contributed by atoms with Crippen LogP contribution in [0.2, 0.25) is 0 Å². The Morgan fingerprint density at radius 2 is 1.23 bits per heavy atom. The average molecular weight is 681 g/mol. The predicted molar refractivity (Wildman–Crippen MR) is 168 cm³/mol. The topological polar surface area (TPSA) is 250 Å². The van der Waals surface area contributed by atoms with Crippen molar-refractivity contribution in [1.82, 2.24) is 26.8 Å². The molecule has 0 fully saturated rings. The molecular weight excluding hydrogens is 636 g/mol. The van der Waals surface area contributed by atoms with Gasteiger partial charge in [-0.25, -0.2) is 10.2 Å². The van der Waals surface area contributed by atoms with E-state index < -0.39 is 70.3 Å². The van der Waals surface area contributed by atoms with E-state index >= 15 is 0 Å². The summed E-state index contributed by atoms with van der Waals surface area (Å²) in [5.41, 5.74) is 3.55. The molecule has 0 aliphatic heterocycles. The summed E-state index contributed by atoms with van der Waals surface area (Å²) < 4.78 is 14.9. The van der Waals surface area contributed by atoms with Crippen molar-refractivity contribution in [3.63, 3.8) is 0 Å². The van der Waals surface area contributed by atoms with Crippen molar-refractivity contribution in [2.75, 3.05) is 13.2 Å². The Labute approximate surface area is 277 Å². The molecule has 0 saturated carbocycles. The van der Waals surface area contributed by atoms with Gasteiger partial charge in [0.2, 0.25) is 17.7 Å². The molecule has 0 aliphatic rings. The number of nitrogens with zero attached hydrogens (tertiary/aromatic N) is 1. The highest BCUT2D eigenvalue weighted by molar-refractivity contribution is 5.94. The van der Waals surface area contributed by atoms with Gasteiger partial charge in [0, 0.05) is 38.3 Å². The second-order valence-electron chi connectivity index (χ2n) is 11.3. The molecule has 0 radical (unpaired) electrons. The Kier molecular flexibility index (Phi) is 17.0. The summed E-state index contributed by atoms with van der Waals surface area (Å²) in [6, 6.07) is 1.13. The van der Waals surface area contributed by atoms with Gasteiger partial charge in [-0.2, -0.15) is 0 Å². The lowest BCUT2D eigenvalue weighted by molar-refractivity contribution is -0.384. The summed E-state index contributed by atoms with van der Waals surface area (Å²) in [4.78, 5) is 98.5. The third-order valence-electron chi connectivity index (χ3n) is 6.12. The Morgan fingerprint density at radius 1 is 0.750 bits per heavy atom. The van der Waals surface area contributed by atoms with E-state index in [4.69, 9.17) is 14.2 Å². The van der Waals surface area contributed by atoms with Gasteiger partial charge in [-0.15, -0.1) is 0 Å². The van der Waals surface area contributed by atoms with E-state index in [9.17, 15) is 43.7 Å². The number of nitro groups is 1. The number of esters is 2. The van der Waals surface area contributed by atoms with Crippen LogP contribution in [0.4, 0.5) is 10.5 Å². The van der Waals surface area contributed by atoms with E-state index in [2.05, 4.69) is 26.8 Å². The minimum atomic E-state index is -1.45. The zero-order valence-corrected chi connectivity index (χ0v) is 27.8. The van der Waals surface area contributed by atoms with Crippen LogP contribution < -0.4 is 26.8 Å². The Bertz CT molecular complexity index is 1310. The van der Waals surface area contributed by atoms with Gasteiger partial charge < -0.3 is 30.2 Å². The molecule has 1 rings (SSSR count). The summed E-state index contributed by atoms with van der Waals surface area (Å²) in [5.74, 6) is -4.65. The Morgan fingerprint density at radius 3 is 1.67 bits per heavy atom. The SMILES string of the molecule is CCOC(=O)CCC(NC(=O)C(CCC(=O)OCC)NC(=O)C(Cc1ccc([N+](=O)[O-])cc1)NC(C)=O)C(=O)NNC(=O)OC(C)(C)C. The minimum Gasteiger partial charge on any atom is -0.466 e. The number of ether oxygens (including phenoxy) is 3. The lowest BCUT2D eigenvalue weighted by Gasteiger charge is -2.25. The Hall–Kier alpha value is -5.29. The first kappa shape index (κ1) is 40.7. The fourth-order valence-corrected chi connectivity index (χ4v) is 4.02. The molecular formula is C30H44N6O12. The van der Waals surface area contributed by atoms with Crippen molar-refractivity contribution in [1.29, 1.82) is 0 Å². The standard InChI is InChI=1S/C30H44N6O12/c1-7-46-24(38)15-13-21(32-27(41)23(31-18(3)37)17-19-9-11-20(12-10-19)36(44)45)26(40)33-22(14-16-25(39)47-8-2)28(42)34-35-29(43)48-30(4,5)6/h9-12,21-23H,7-8,13-17H2,1-6H3,(H,31,37)(H,32,41)(H,33,40)(H,34,42)(H,35,43). The maximum Gasteiger partial charge on any atom is 0.426 e. The van der Waals surface area contributed by atoms with E-state index in [-0.39, 0.29) is 51.0 Å². The van der Waals surface area contributed by atoms with Crippen LogP contribution in [0.25, 0.3) is 0 Å². The van der Waals surface area contributed by atoms with Crippen LogP contribution in [-0.4, -0.2) is 83.5 Å². The molecule has 0 aromatic heterocycles. The van der Waals surface area contributed by atoms with Gasteiger partial charge in [0.15, 0.2) is 0 Å². The maximum atomic E-state index is 13.5. The molecule has 5 amide bonds. The monoisotopic (exact) mass is 680 g/mol. The normalized spacial score (nSPS) is 12.6. The minimum absolute atomic E-state index is 0.0582. The molecule has 48 heavy (non-hydrogen) atoms. The molecule has 3 atom stereocenters. The summed E-state index contributed by atoms with van der Waals surface area (Å²) in [6.07, 6.45) is -2.31. The van der Waals surface area contributed by atoms with Gasteiger partial charge in [0.25, 0.3) is 11.6 Å². The fraction of sp³-hybridized carbons (Fsp3) is 0.567. The summed E-state index contributed by atoms with van der Waals surface area (Å²) in [5, 5.41) is 18.4. The first-order valence-electron chi connectivity index (χ1n) is 15.2. The molecule has 3 unspecified atom stereocenters. The quantitative estimate of drug-likeness (QED) is 0.0665. The van der Waals surface area contributed by atoms with Crippen LogP contribution in [0.15, 0.2) is 24.3 Å². The second-order valence-corrected chi connectivity index (χ2v) is 11.3. The fourth-order valence-electron chi connectivity index (χ4n) is 4.02. The Balaban J connectivity index is 3.25. The summed E-state index contributed by atoms with van der Waals surface area (Å²) in [7, 11) is 0. The molecule has 0 heterocycles. The molecule has 0 spiro atoms. The van der Waals surface area contributed by atoms with E-state index in [0.717, 1.165) is 0 Å². The van der Waals surface area contributed by atoms with Crippen molar-refractivity contribution in [3.8, 4) is 0 Å². The van der Waals surface area contributed by atoms with Crippen molar-refractivity contribution in [3.05, 3.63) is 39.9 Å². The zero-order valence-electron chi connectivity index (χ0n) is 27.8. The van der Waals surface area contributed by atoms with Crippen LogP contribution in [0, 0.1) is 10.1 Å². The number of benzene rings is 1. The number of amides is 5. The molecule has 18 heteroatoms. The van der Waals surface area contributed by atoms with Gasteiger partial charge >= 0.3 is 18.0 Å².